The number of aliphatic hydroxyl groups is 1. The molecule has 0 saturated carbocycles. The summed E-state index contributed by atoms with van der Waals surface area (Å²) in [5.41, 5.74) is 5.07. The molecule has 0 aromatic rings. The van der Waals surface area contributed by atoms with Gasteiger partial charge in [-0.2, -0.15) is 12.6 Å². The third-order valence-electron chi connectivity index (χ3n) is 2.83. The average molecular weight is 380 g/mol. The molecule has 3 unspecified atom stereocenters. The number of hydrogen-bond donors (Lipinski definition) is 8. The van der Waals surface area contributed by atoms with Crippen molar-refractivity contribution in [3.05, 3.63) is 0 Å². The number of aliphatic hydroxyl groups excluding tert-OH is 1. The highest BCUT2D eigenvalue weighted by molar-refractivity contribution is 7.80. The average Bonchev–Trinajstić information content (AvgIpc) is 2.55. The maximum atomic E-state index is 12.0. The van der Waals surface area contributed by atoms with Crippen LogP contribution in [-0.4, -0.2) is 82.0 Å². The number of carboxylic acids is 2. The predicted molar refractivity (Wildman–Crippen MR) is 85.7 cm³/mol. The van der Waals surface area contributed by atoms with E-state index in [1.54, 1.807) is 0 Å². The van der Waals surface area contributed by atoms with Crippen LogP contribution in [0, 0.1) is 0 Å². The molecule has 0 heterocycles. The van der Waals surface area contributed by atoms with Gasteiger partial charge in [0.05, 0.1) is 19.6 Å². The van der Waals surface area contributed by atoms with E-state index in [4.69, 9.17) is 21.1 Å². The van der Waals surface area contributed by atoms with E-state index in [-0.39, 0.29) is 5.75 Å². The molecule has 0 aliphatic heterocycles. The SMILES string of the molecule is NCC(=O)NC(CO)C(=O)NC(CS)C(=O)NC(CC(=O)O)C(=O)O. The lowest BCUT2D eigenvalue weighted by Gasteiger charge is -2.22. The predicted octanol–water partition coefficient (Wildman–Crippen LogP) is -4.12. The number of nitrogens with two attached hydrogens (primary N) is 1. The van der Waals surface area contributed by atoms with E-state index in [0.717, 1.165) is 0 Å². The first-order valence-electron chi connectivity index (χ1n) is 6.92. The Balaban J connectivity index is 4.91. The zero-order chi connectivity index (χ0) is 19.6. The van der Waals surface area contributed by atoms with Crippen LogP contribution >= 0.6 is 12.6 Å². The van der Waals surface area contributed by atoms with Crippen molar-refractivity contribution in [1.29, 1.82) is 0 Å². The minimum atomic E-state index is -1.70. The molecule has 12 nitrogen and oxygen atoms in total. The van der Waals surface area contributed by atoms with E-state index in [2.05, 4.69) is 23.3 Å². The fourth-order valence-corrected chi connectivity index (χ4v) is 1.82. The fraction of sp³-hybridized carbons (Fsp3) is 0.583. The van der Waals surface area contributed by atoms with Crippen LogP contribution in [0.2, 0.25) is 0 Å². The second kappa shape index (κ2) is 11.2. The van der Waals surface area contributed by atoms with Crippen molar-refractivity contribution in [3.8, 4) is 0 Å². The Bertz CT molecular complexity index is 529. The highest BCUT2D eigenvalue weighted by Gasteiger charge is 2.29. The van der Waals surface area contributed by atoms with Crippen molar-refractivity contribution in [2.45, 2.75) is 24.5 Å². The van der Waals surface area contributed by atoms with Crippen molar-refractivity contribution < 1.29 is 39.3 Å². The molecule has 0 bridgehead atoms. The summed E-state index contributed by atoms with van der Waals surface area (Å²) in [5.74, 6) is -5.89. The summed E-state index contributed by atoms with van der Waals surface area (Å²) in [7, 11) is 0. The normalized spacial score (nSPS) is 13.9. The van der Waals surface area contributed by atoms with Crippen molar-refractivity contribution in [2.75, 3.05) is 18.9 Å². The lowest BCUT2D eigenvalue weighted by Crippen LogP contribution is -2.57. The molecule has 142 valence electrons. The number of carbonyl (C=O) groups excluding carboxylic acids is 3. The van der Waals surface area contributed by atoms with Gasteiger partial charge in [-0.15, -0.1) is 0 Å². The largest absolute Gasteiger partial charge is 0.481 e. The van der Waals surface area contributed by atoms with Crippen LogP contribution in [0.3, 0.4) is 0 Å². The van der Waals surface area contributed by atoms with Gasteiger partial charge in [-0.3, -0.25) is 19.2 Å². The van der Waals surface area contributed by atoms with E-state index in [1.165, 1.54) is 0 Å². The summed E-state index contributed by atoms with van der Waals surface area (Å²) < 4.78 is 0. The Morgan fingerprint density at radius 2 is 1.44 bits per heavy atom. The Morgan fingerprint density at radius 3 is 1.84 bits per heavy atom. The maximum Gasteiger partial charge on any atom is 0.326 e. The van der Waals surface area contributed by atoms with Crippen molar-refractivity contribution >= 4 is 42.3 Å². The molecule has 8 N–H and O–H groups in total. The molecule has 3 amide bonds. The lowest BCUT2D eigenvalue weighted by molar-refractivity contribution is -0.147. The van der Waals surface area contributed by atoms with Gasteiger partial charge >= 0.3 is 11.9 Å². The Hall–Kier alpha value is -2.38. The van der Waals surface area contributed by atoms with E-state index in [1.807, 2.05) is 5.32 Å². The molecule has 0 aliphatic rings. The number of rotatable bonds is 11. The first kappa shape index (κ1) is 22.6. The van der Waals surface area contributed by atoms with E-state index in [9.17, 15) is 24.0 Å². The zero-order valence-electron chi connectivity index (χ0n) is 13.0. The number of hydrogen-bond acceptors (Lipinski definition) is 8. The maximum absolute atomic E-state index is 12.0. The van der Waals surface area contributed by atoms with E-state index in [0.29, 0.717) is 0 Å². The first-order valence-corrected chi connectivity index (χ1v) is 7.55. The van der Waals surface area contributed by atoms with E-state index < -0.39 is 67.4 Å². The number of carboxylic acid groups (broad SMARTS) is 2. The molecule has 0 aliphatic carbocycles. The van der Waals surface area contributed by atoms with Gasteiger partial charge in [0, 0.05) is 5.75 Å². The molecule has 0 radical (unpaired) electrons. The number of thiol groups is 1. The van der Waals surface area contributed by atoms with Crippen LogP contribution in [0.1, 0.15) is 6.42 Å². The first-order chi connectivity index (χ1) is 11.7. The summed E-state index contributed by atoms with van der Waals surface area (Å²) in [6.45, 7) is -1.19. The van der Waals surface area contributed by atoms with Gasteiger partial charge in [-0.05, 0) is 0 Å². The van der Waals surface area contributed by atoms with Crippen LogP contribution in [-0.2, 0) is 24.0 Å². The van der Waals surface area contributed by atoms with Gasteiger partial charge in [0.1, 0.15) is 18.1 Å². The second-order valence-corrected chi connectivity index (χ2v) is 5.11. The molecule has 0 spiro atoms. The molecular weight excluding hydrogens is 360 g/mol. The summed E-state index contributed by atoms with van der Waals surface area (Å²) in [6.07, 6.45) is -0.861. The van der Waals surface area contributed by atoms with Crippen LogP contribution in [0.25, 0.3) is 0 Å². The van der Waals surface area contributed by atoms with Crippen LogP contribution in [0.4, 0.5) is 0 Å². The van der Waals surface area contributed by atoms with Gasteiger partial charge in [-0.1, -0.05) is 0 Å². The Labute approximate surface area is 147 Å². The highest BCUT2D eigenvalue weighted by Crippen LogP contribution is 1.97. The Morgan fingerprint density at radius 1 is 0.920 bits per heavy atom. The van der Waals surface area contributed by atoms with Crippen molar-refractivity contribution in [3.63, 3.8) is 0 Å². The summed E-state index contributed by atoms with van der Waals surface area (Å²) in [4.78, 5) is 56.6. The molecule has 0 saturated heterocycles. The highest BCUT2D eigenvalue weighted by atomic mass is 32.1. The van der Waals surface area contributed by atoms with Crippen molar-refractivity contribution in [1.82, 2.24) is 16.0 Å². The van der Waals surface area contributed by atoms with Gasteiger partial charge in [0.2, 0.25) is 17.7 Å². The second-order valence-electron chi connectivity index (χ2n) is 4.75. The molecule has 13 heteroatoms. The standard InChI is InChI=1S/C12H20N4O8S/c13-2-8(18)14-6(3-17)10(21)16-7(4-25)11(22)15-5(12(23)24)1-9(19)20/h5-7,17,25H,1-4,13H2,(H,14,18)(H,15,22)(H,16,21)(H,19,20)(H,23,24). The quantitative estimate of drug-likeness (QED) is 0.163. The minimum Gasteiger partial charge on any atom is -0.481 e. The molecular formula is C12H20N4O8S. The summed E-state index contributed by atoms with van der Waals surface area (Å²) >= 11 is 3.85. The molecule has 0 fully saturated rings. The lowest BCUT2D eigenvalue weighted by atomic mass is 10.2. The molecule has 0 aromatic carbocycles. The number of amides is 3. The third-order valence-corrected chi connectivity index (χ3v) is 3.19. The van der Waals surface area contributed by atoms with Gasteiger partial charge in [0.25, 0.3) is 0 Å². The smallest absolute Gasteiger partial charge is 0.326 e. The fourth-order valence-electron chi connectivity index (χ4n) is 1.56. The van der Waals surface area contributed by atoms with Crippen molar-refractivity contribution in [2.24, 2.45) is 5.73 Å². The van der Waals surface area contributed by atoms with Gasteiger partial charge in [-0.25, -0.2) is 4.79 Å². The minimum absolute atomic E-state index is 0.250. The van der Waals surface area contributed by atoms with Crippen LogP contribution < -0.4 is 21.7 Å². The van der Waals surface area contributed by atoms with Gasteiger partial charge in [0.15, 0.2) is 0 Å². The van der Waals surface area contributed by atoms with Gasteiger partial charge < -0.3 is 37.0 Å². The number of carbonyl (C=O) groups is 5. The zero-order valence-corrected chi connectivity index (χ0v) is 13.9. The van der Waals surface area contributed by atoms with Crippen LogP contribution in [0.5, 0.6) is 0 Å². The van der Waals surface area contributed by atoms with E-state index >= 15 is 0 Å². The Kier molecular flexibility index (Phi) is 10.2. The molecule has 0 aromatic heterocycles. The third kappa shape index (κ3) is 8.32. The van der Waals surface area contributed by atoms with Crippen LogP contribution in [0.15, 0.2) is 0 Å². The summed E-state index contributed by atoms with van der Waals surface area (Å²) in [5, 5.41) is 32.8. The number of aliphatic carboxylic acids is 2. The molecule has 3 atom stereocenters. The monoisotopic (exact) mass is 380 g/mol. The molecule has 0 rings (SSSR count). The summed E-state index contributed by atoms with van der Waals surface area (Å²) in [6, 6.07) is -4.40. The number of nitrogens with one attached hydrogen (secondary N) is 3. The topological polar surface area (TPSA) is 208 Å². The molecule has 25 heavy (non-hydrogen) atoms.